The minimum absolute atomic E-state index is 0.792. The smallest absolute Gasteiger partial charge is 0.203 e. The summed E-state index contributed by atoms with van der Waals surface area (Å²) in [6, 6.07) is 0. The molecule has 0 N–H and O–H groups in total. The number of halogens is 1. The molecule has 68 valence electrons. The lowest BCUT2D eigenvalue weighted by molar-refractivity contribution is 0.756. The van der Waals surface area contributed by atoms with Crippen molar-refractivity contribution in [2.24, 2.45) is 7.05 Å². The van der Waals surface area contributed by atoms with E-state index in [2.05, 4.69) is 37.0 Å². The van der Waals surface area contributed by atoms with E-state index in [-0.39, 0.29) is 0 Å². The van der Waals surface area contributed by atoms with Gasteiger partial charge < -0.3 is 0 Å². The number of nitrogens with zero attached hydrogens (tertiary/aromatic N) is 4. The molecule has 0 saturated carbocycles. The van der Waals surface area contributed by atoms with Crippen LogP contribution >= 0.6 is 34.1 Å². The molecule has 2 aromatic heterocycles. The standard InChI is InChI=1S/C7H7IN4S/c1-4-5(3-12(2)10-4)6-9-7(8)11-13-6/h3H,1-2H3. The van der Waals surface area contributed by atoms with Gasteiger partial charge in [0.25, 0.3) is 0 Å². The molecule has 2 aromatic rings. The Morgan fingerprint density at radius 2 is 2.31 bits per heavy atom. The van der Waals surface area contributed by atoms with Crippen molar-refractivity contribution < 1.29 is 0 Å². The number of aryl methyl sites for hydroxylation is 2. The van der Waals surface area contributed by atoms with Crippen LogP contribution in [-0.2, 0) is 7.05 Å². The average Bonchev–Trinajstić information content (AvgIpc) is 2.58. The van der Waals surface area contributed by atoms with E-state index in [4.69, 9.17) is 0 Å². The van der Waals surface area contributed by atoms with E-state index in [0.29, 0.717) is 0 Å². The fourth-order valence-electron chi connectivity index (χ4n) is 1.12. The summed E-state index contributed by atoms with van der Waals surface area (Å²) in [6.45, 7) is 1.98. The molecule has 2 rings (SSSR count). The zero-order valence-corrected chi connectivity index (χ0v) is 10.1. The van der Waals surface area contributed by atoms with Gasteiger partial charge in [-0.1, -0.05) is 0 Å². The van der Waals surface area contributed by atoms with Gasteiger partial charge in [-0.15, -0.1) is 0 Å². The SMILES string of the molecule is Cc1nn(C)cc1-c1nc(I)ns1. The van der Waals surface area contributed by atoms with Crippen molar-refractivity contribution in [3.05, 3.63) is 15.7 Å². The molecule has 2 heterocycles. The normalized spacial score (nSPS) is 10.7. The minimum atomic E-state index is 0.792. The molecule has 0 spiro atoms. The molecule has 0 unspecified atom stereocenters. The van der Waals surface area contributed by atoms with Crippen molar-refractivity contribution in [2.45, 2.75) is 6.92 Å². The lowest BCUT2D eigenvalue weighted by atomic mass is 10.3. The second kappa shape index (κ2) is 3.33. The van der Waals surface area contributed by atoms with E-state index in [0.717, 1.165) is 20.1 Å². The maximum Gasteiger partial charge on any atom is 0.203 e. The number of aromatic nitrogens is 4. The highest BCUT2D eigenvalue weighted by molar-refractivity contribution is 14.1. The molecule has 0 atom stereocenters. The first-order chi connectivity index (χ1) is 6.16. The van der Waals surface area contributed by atoms with Crippen LogP contribution < -0.4 is 0 Å². The molecular formula is C7H7IN4S. The summed E-state index contributed by atoms with van der Waals surface area (Å²) in [5.74, 6) is 0. The van der Waals surface area contributed by atoms with Crippen LogP contribution in [0.4, 0.5) is 0 Å². The first-order valence-corrected chi connectivity index (χ1v) is 5.52. The zero-order valence-electron chi connectivity index (χ0n) is 7.15. The van der Waals surface area contributed by atoms with Crippen molar-refractivity contribution in [2.75, 3.05) is 0 Å². The second-order valence-corrected chi connectivity index (χ2v) is 4.39. The average molecular weight is 306 g/mol. The van der Waals surface area contributed by atoms with Crippen LogP contribution in [0.15, 0.2) is 6.20 Å². The van der Waals surface area contributed by atoms with E-state index in [1.54, 1.807) is 4.68 Å². The first kappa shape index (κ1) is 9.07. The van der Waals surface area contributed by atoms with Crippen LogP contribution in [0.3, 0.4) is 0 Å². The van der Waals surface area contributed by atoms with Gasteiger partial charge in [0.1, 0.15) is 5.01 Å². The highest BCUT2D eigenvalue weighted by Crippen LogP contribution is 2.24. The molecule has 0 saturated heterocycles. The van der Waals surface area contributed by atoms with Gasteiger partial charge >= 0.3 is 0 Å². The van der Waals surface area contributed by atoms with Gasteiger partial charge in [0.2, 0.25) is 3.83 Å². The third-order valence-corrected chi connectivity index (χ3v) is 3.20. The molecular weight excluding hydrogens is 299 g/mol. The van der Waals surface area contributed by atoms with Crippen LogP contribution in [0.1, 0.15) is 5.69 Å². The molecule has 0 aliphatic heterocycles. The van der Waals surface area contributed by atoms with Gasteiger partial charge in [-0.05, 0) is 18.5 Å². The van der Waals surface area contributed by atoms with Gasteiger partial charge in [0.15, 0.2) is 0 Å². The van der Waals surface area contributed by atoms with Crippen molar-refractivity contribution in [1.29, 1.82) is 0 Å². The summed E-state index contributed by atoms with van der Waals surface area (Å²) in [4.78, 5) is 4.30. The molecule has 0 aliphatic rings. The fourth-order valence-corrected chi connectivity index (χ4v) is 2.45. The molecule has 6 heteroatoms. The van der Waals surface area contributed by atoms with Crippen molar-refractivity contribution in [1.82, 2.24) is 19.1 Å². The van der Waals surface area contributed by atoms with Crippen LogP contribution in [-0.4, -0.2) is 19.1 Å². The summed E-state index contributed by atoms with van der Waals surface area (Å²) in [5.41, 5.74) is 2.07. The molecule has 0 amide bonds. The maximum absolute atomic E-state index is 4.30. The lowest BCUT2D eigenvalue weighted by Gasteiger charge is -1.87. The monoisotopic (exact) mass is 306 g/mol. The van der Waals surface area contributed by atoms with E-state index >= 15 is 0 Å². The van der Waals surface area contributed by atoms with E-state index in [1.165, 1.54) is 11.5 Å². The zero-order chi connectivity index (χ0) is 9.42. The largest absolute Gasteiger partial charge is 0.275 e. The summed E-state index contributed by atoms with van der Waals surface area (Å²) in [5, 5.41) is 5.19. The van der Waals surface area contributed by atoms with E-state index < -0.39 is 0 Å². The molecule has 0 aliphatic carbocycles. The number of hydrogen-bond donors (Lipinski definition) is 0. The Kier molecular flexibility index (Phi) is 2.33. The number of hydrogen-bond acceptors (Lipinski definition) is 4. The van der Waals surface area contributed by atoms with Crippen molar-refractivity contribution >= 4 is 34.1 Å². The van der Waals surface area contributed by atoms with Crippen LogP contribution in [0, 0.1) is 10.8 Å². The maximum atomic E-state index is 4.30. The molecule has 0 bridgehead atoms. The summed E-state index contributed by atoms with van der Waals surface area (Å²) in [6.07, 6.45) is 1.96. The topological polar surface area (TPSA) is 43.6 Å². The third-order valence-electron chi connectivity index (χ3n) is 1.65. The Morgan fingerprint density at radius 3 is 2.77 bits per heavy atom. The first-order valence-electron chi connectivity index (χ1n) is 3.66. The Hall–Kier alpha value is -0.500. The number of rotatable bonds is 1. The molecule has 13 heavy (non-hydrogen) atoms. The van der Waals surface area contributed by atoms with Crippen molar-refractivity contribution in [3.63, 3.8) is 0 Å². The van der Waals surface area contributed by atoms with Gasteiger partial charge in [-0.25, -0.2) is 4.98 Å². The predicted octanol–water partition coefficient (Wildman–Crippen LogP) is 1.85. The second-order valence-electron chi connectivity index (χ2n) is 2.67. The predicted molar refractivity (Wildman–Crippen MR) is 59.6 cm³/mol. The summed E-state index contributed by atoms with van der Waals surface area (Å²) < 4.78 is 6.71. The summed E-state index contributed by atoms with van der Waals surface area (Å²) >= 11 is 3.52. The minimum Gasteiger partial charge on any atom is -0.275 e. The highest BCUT2D eigenvalue weighted by Gasteiger charge is 2.10. The third kappa shape index (κ3) is 1.73. The van der Waals surface area contributed by atoms with Crippen LogP contribution in [0.2, 0.25) is 0 Å². The van der Waals surface area contributed by atoms with Crippen LogP contribution in [0.5, 0.6) is 0 Å². The molecule has 0 aromatic carbocycles. The fraction of sp³-hybridized carbons (Fsp3) is 0.286. The van der Waals surface area contributed by atoms with Crippen molar-refractivity contribution in [3.8, 4) is 10.6 Å². The van der Waals surface area contributed by atoms with E-state index in [1.807, 2.05) is 20.2 Å². The Balaban J connectivity index is 2.51. The van der Waals surface area contributed by atoms with E-state index in [9.17, 15) is 0 Å². The van der Waals surface area contributed by atoms with Gasteiger partial charge in [0, 0.05) is 35.8 Å². The Bertz CT molecular complexity index is 433. The Labute approximate surface area is 93.3 Å². The molecule has 0 fully saturated rings. The highest BCUT2D eigenvalue weighted by atomic mass is 127. The molecule has 4 nitrogen and oxygen atoms in total. The summed E-state index contributed by atoms with van der Waals surface area (Å²) in [7, 11) is 1.91. The lowest BCUT2D eigenvalue weighted by Crippen LogP contribution is -1.86. The molecule has 0 radical (unpaired) electrons. The Morgan fingerprint density at radius 1 is 1.54 bits per heavy atom. The van der Waals surface area contributed by atoms with Gasteiger partial charge in [-0.2, -0.15) is 9.47 Å². The quantitative estimate of drug-likeness (QED) is 0.755. The van der Waals surface area contributed by atoms with Gasteiger partial charge in [-0.3, -0.25) is 4.68 Å². The van der Waals surface area contributed by atoms with Gasteiger partial charge in [0.05, 0.1) is 11.3 Å². The van der Waals surface area contributed by atoms with Crippen LogP contribution in [0.25, 0.3) is 10.6 Å².